The molecule has 0 heterocycles. The van der Waals surface area contributed by atoms with E-state index in [1.807, 2.05) is 14.1 Å². The van der Waals surface area contributed by atoms with Crippen molar-refractivity contribution in [3.8, 4) is 0 Å². The molecule has 0 aliphatic heterocycles. The summed E-state index contributed by atoms with van der Waals surface area (Å²) in [5, 5.41) is 2.87. The Balaban J connectivity index is 2.46. The fraction of sp³-hybridized carbons (Fsp3) is 0.533. The molecule has 0 fully saturated rings. The maximum absolute atomic E-state index is 13.4. The number of carbonyl (C=O) groups is 1. The molecule has 0 spiro atoms. The van der Waals surface area contributed by atoms with Crippen LogP contribution in [0, 0.1) is 11.2 Å². The van der Waals surface area contributed by atoms with Crippen molar-refractivity contribution >= 4 is 5.91 Å². The summed E-state index contributed by atoms with van der Waals surface area (Å²) < 4.78 is 13.4. The number of hydrogen-bond acceptors (Lipinski definition) is 2. The molecule has 0 bridgehead atoms. The summed E-state index contributed by atoms with van der Waals surface area (Å²) in [7, 11) is 4.01. The van der Waals surface area contributed by atoms with Crippen molar-refractivity contribution in [3.63, 3.8) is 0 Å². The second-order valence-corrected chi connectivity index (χ2v) is 5.95. The predicted molar refractivity (Wildman–Crippen MR) is 75.4 cm³/mol. The van der Waals surface area contributed by atoms with E-state index in [2.05, 4.69) is 24.1 Å². The van der Waals surface area contributed by atoms with Crippen LogP contribution in [0.15, 0.2) is 24.3 Å². The molecular weight excluding hydrogens is 243 g/mol. The van der Waals surface area contributed by atoms with Crippen molar-refractivity contribution in [2.24, 2.45) is 5.41 Å². The Kier molecular flexibility index (Phi) is 5.48. The smallest absolute Gasteiger partial charge is 0.224 e. The van der Waals surface area contributed by atoms with Gasteiger partial charge in [-0.1, -0.05) is 32.0 Å². The number of benzene rings is 1. The van der Waals surface area contributed by atoms with Crippen LogP contribution in [0.5, 0.6) is 0 Å². The van der Waals surface area contributed by atoms with Gasteiger partial charge < -0.3 is 10.2 Å². The third kappa shape index (κ3) is 5.83. The highest BCUT2D eigenvalue weighted by atomic mass is 19.1. The van der Waals surface area contributed by atoms with Gasteiger partial charge in [0, 0.05) is 13.1 Å². The minimum atomic E-state index is -0.329. The Labute approximate surface area is 114 Å². The van der Waals surface area contributed by atoms with Crippen LogP contribution in [-0.4, -0.2) is 38.0 Å². The summed E-state index contributed by atoms with van der Waals surface area (Å²) in [6.07, 6.45) is 0.0880. The molecule has 1 aromatic rings. The number of nitrogens with zero attached hydrogens (tertiary/aromatic N) is 1. The molecule has 0 aromatic heterocycles. The second kappa shape index (κ2) is 6.66. The molecule has 0 atom stereocenters. The summed E-state index contributed by atoms with van der Waals surface area (Å²) in [4.78, 5) is 13.9. The van der Waals surface area contributed by atoms with Gasteiger partial charge in [-0.15, -0.1) is 0 Å². The number of rotatable bonds is 6. The quantitative estimate of drug-likeness (QED) is 0.855. The summed E-state index contributed by atoms with van der Waals surface area (Å²) in [6, 6.07) is 6.37. The Morgan fingerprint density at radius 2 is 1.95 bits per heavy atom. The third-order valence-corrected chi connectivity index (χ3v) is 2.82. The maximum atomic E-state index is 13.4. The highest BCUT2D eigenvalue weighted by molar-refractivity contribution is 5.78. The number of halogens is 1. The lowest BCUT2D eigenvalue weighted by molar-refractivity contribution is -0.121. The van der Waals surface area contributed by atoms with Crippen LogP contribution in [0.25, 0.3) is 0 Å². The zero-order valence-corrected chi connectivity index (χ0v) is 12.2. The van der Waals surface area contributed by atoms with E-state index in [1.165, 1.54) is 6.07 Å². The van der Waals surface area contributed by atoms with Gasteiger partial charge >= 0.3 is 0 Å². The number of hydrogen-bond donors (Lipinski definition) is 1. The molecule has 106 valence electrons. The summed E-state index contributed by atoms with van der Waals surface area (Å²) in [5.41, 5.74) is 0.430. The minimum absolute atomic E-state index is 0.00556. The van der Waals surface area contributed by atoms with Crippen molar-refractivity contribution in [3.05, 3.63) is 35.6 Å². The van der Waals surface area contributed by atoms with E-state index in [4.69, 9.17) is 0 Å². The molecule has 3 nitrogen and oxygen atoms in total. The molecule has 1 aromatic carbocycles. The molecule has 1 amide bonds. The first kappa shape index (κ1) is 15.6. The van der Waals surface area contributed by atoms with Gasteiger partial charge in [0.15, 0.2) is 0 Å². The molecule has 0 unspecified atom stereocenters. The summed E-state index contributed by atoms with van der Waals surface area (Å²) in [6.45, 7) is 5.65. The van der Waals surface area contributed by atoms with Crippen LogP contribution in [0.3, 0.4) is 0 Å². The molecular formula is C15H23FN2O. The Morgan fingerprint density at radius 3 is 2.53 bits per heavy atom. The fourth-order valence-corrected chi connectivity index (χ4v) is 2.13. The van der Waals surface area contributed by atoms with E-state index in [9.17, 15) is 9.18 Å². The molecule has 4 heteroatoms. The normalized spacial score (nSPS) is 11.7. The van der Waals surface area contributed by atoms with Crippen LogP contribution in [0.4, 0.5) is 4.39 Å². The van der Waals surface area contributed by atoms with Gasteiger partial charge in [0.25, 0.3) is 0 Å². The Bertz CT molecular complexity index is 430. The standard InChI is InChI=1S/C15H23FN2O/c1-15(2,11-18(3)4)10-17-14(19)9-12-7-5-6-8-13(12)16/h5-8H,9-11H2,1-4H3,(H,17,19). The topological polar surface area (TPSA) is 32.3 Å². The molecule has 0 aliphatic rings. The van der Waals surface area contributed by atoms with E-state index < -0.39 is 0 Å². The van der Waals surface area contributed by atoms with Crippen LogP contribution in [-0.2, 0) is 11.2 Å². The Morgan fingerprint density at radius 1 is 1.32 bits per heavy atom. The van der Waals surface area contributed by atoms with Gasteiger partial charge in [-0.25, -0.2) is 4.39 Å². The highest BCUT2D eigenvalue weighted by Gasteiger charge is 2.20. The van der Waals surface area contributed by atoms with Gasteiger partial charge in [0.1, 0.15) is 5.82 Å². The Hall–Kier alpha value is -1.42. The lowest BCUT2D eigenvalue weighted by Gasteiger charge is -2.28. The first-order valence-corrected chi connectivity index (χ1v) is 6.45. The van der Waals surface area contributed by atoms with E-state index in [-0.39, 0.29) is 23.6 Å². The van der Waals surface area contributed by atoms with Gasteiger partial charge in [0.2, 0.25) is 5.91 Å². The average molecular weight is 266 g/mol. The minimum Gasteiger partial charge on any atom is -0.355 e. The molecule has 19 heavy (non-hydrogen) atoms. The largest absolute Gasteiger partial charge is 0.355 e. The van der Waals surface area contributed by atoms with Gasteiger partial charge in [-0.05, 0) is 31.1 Å². The van der Waals surface area contributed by atoms with Crippen molar-refractivity contribution in [2.75, 3.05) is 27.2 Å². The van der Waals surface area contributed by atoms with Crippen molar-refractivity contribution in [1.82, 2.24) is 10.2 Å². The molecule has 0 saturated heterocycles. The van der Waals surface area contributed by atoms with E-state index in [1.54, 1.807) is 18.2 Å². The van der Waals surface area contributed by atoms with Crippen LogP contribution in [0.1, 0.15) is 19.4 Å². The SMILES string of the molecule is CN(C)CC(C)(C)CNC(=O)Cc1ccccc1F. The van der Waals surface area contributed by atoms with E-state index >= 15 is 0 Å². The molecule has 0 radical (unpaired) electrons. The van der Waals surface area contributed by atoms with Crippen LogP contribution in [0.2, 0.25) is 0 Å². The number of nitrogens with one attached hydrogen (secondary N) is 1. The van der Waals surface area contributed by atoms with Crippen molar-refractivity contribution in [2.45, 2.75) is 20.3 Å². The van der Waals surface area contributed by atoms with Crippen molar-refractivity contribution in [1.29, 1.82) is 0 Å². The van der Waals surface area contributed by atoms with Crippen LogP contribution < -0.4 is 5.32 Å². The van der Waals surface area contributed by atoms with E-state index in [0.717, 1.165) is 6.54 Å². The fourth-order valence-electron chi connectivity index (χ4n) is 2.13. The maximum Gasteiger partial charge on any atom is 0.224 e. The van der Waals surface area contributed by atoms with Gasteiger partial charge in [-0.2, -0.15) is 0 Å². The average Bonchev–Trinajstić information content (AvgIpc) is 2.28. The zero-order valence-electron chi connectivity index (χ0n) is 12.2. The van der Waals surface area contributed by atoms with E-state index in [0.29, 0.717) is 12.1 Å². The predicted octanol–water partition coefficient (Wildman–Crippen LogP) is 2.07. The summed E-state index contributed by atoms with van der Waals surface area (Å²) in [5.74, 6) is -0.470. The monoisotopic (exact) mass is 266 g/mol. The third-order valence-electron chi connectivity index (χ3n) is 2.82. The lowest BCUT2D eigenvalue weighted by atomic mass is 9.93. The zero-order chi connectivity index (χ0) is 14.5. The lowest BCUT2D eigenvalue weighted by Crippen LogP contribution is -2.40. The van der Waals surface area contributed by atoms with Gasteiger partial charge in [0.05, 0.1) is 6.42 Å². The second-order valence-electron chi connectivity index (χ2n) is 5.95. The molecule has 1 N–H and O–H groups in total. The van der Waals surface area contributed by atoms with Crippen LogP contribution >= 0.6 is 0 Å². The number of amides is 1. The molecule has 1 rings (SSSR count). The molecule has 0 aliphatic carbocycles. The van der Waals surface area contributed by atoms with Gasteiger partial charge in [-0.3, -0.25) is 4.79 Å². The first-order chi connectivity index (χ1) is 8.80. The van der Waals surface area contributed by atoms with Crippen molar-refractivity contribution < 1.29 is 9.18 Å². The highest BCUT2D eigenvalue weighted by Crippen LogP contribution is 2.14. The first-order valence-electron chi connectivity index (χ1n) is 6.45. The summed E-state index contributed by atoms with van der Waals surface area (Å²) >= 11 is 0. The number of carbonyl (C=O) groups excluding carboxylic acids is 1. The molecule has 0 saturated carbocycles.